The Kier molecular flexibility index (Phi) is 7.14. The fraction of sp³-hybridized carbons (Fsp3) is 0.444. The summed E-state index contributed by atoms with van der Waals surface area (Å²) < 4.78 is 48.8. The second-order valence-corrected chi connectivity index (χ2v) is 10.0. The van der Waals surface area contributed by atoms with Crippen LogP contribution in [0.3, 0.4) is 0 Å². The molecule has 2 aliphatic rings. The predicted octanol–water partition coefficient (Wildman–Crippen LogP) is 3.06. The van der Waals surface area contributed by atoms with Gasteiger partial charge in [0, 0.05) is 32.0 Å². The molecule has 0 spiro atoms. The number of hydrogen-bond donors (Lipinski definition) is 0. The quantitative estimate of drug-likeness (QED) is 0.326. The van der Waals surface area contributed by atoms with Gasteiger partial charge in [-0.25, -0.2) is 18.0 Å². The van der Waals surface area contributed by atoms with E-state index in [2.05, 4.69) is 31.4 Å². The average Bonchev–Trinajstić information content (AvgIpc) is 3.52. The lowest BCUT2D eigenvalue weighted by molar-refractivity contribution is -0.0849. The van der Waals surface area contributed by atoms with Gasteiger partial charge in [-0.1, -0.05) is 5.21 Å². The molecule has 0 N–H and O–H groups in total. The molecule has 40 heavy (non-hydrogen) atoms. The number of ether oxygens (including phenoxy) is 3. The first-order valence-corrected chi connectivity index (χ1v) is 13.0. The van der Waals surface area contributed by atoms with E-state index in [-0.39, 0.29) is 6.61 Å². The Labute approximate surface area is 228 Å². The van der Waals surface area contributed by atoms with Crippen LogP contribution in [0, 0.1) is 24.1 Å². The number of pyridine rings is 2. The molecule has 0 amide bonds. The van der Waals surface area contributed by atoms with Crippen LogP contribution in [0.25, 0.3) is 16.8 Å². The van der Waals surface area contributed by atoms with E-state index in [0.717, 1.165) is 18.4 Å². The Morgan fingerprint density at radius 2 is 2.12 bits per heavy atom. The normalized spacial score (nSPS) is 20.8. The van der Waals surface area contributed by atoms with Crippen LogP contribution >= 0.6 is 0 Å². The summed E-state index contributed by atoms with van der Waals surface area (Å²) in [5.74, 6) is -0.0723. The van der Waals surface area contributed by atoms with Gasteiger partial charge in [-0.3, -0.25) is 9.88 Å². The second-order valence-electron chi connectivity index (χ2n) is 10.0. The second kappa shape index (κ2) is 10.9. The molecule has 2 saturated heterocycles. The third-order valence-electron chi connectivity index (χ3n) is 7.64. The summed E-state index contributed by atoms with van der Waals surface area (Å²) in [6, 6.07) is 6.61. The molecule has 6 heterocycles. The fourth-order valence-electron chi connectivity index (χ4n) is 5.30. The summed E-state index contributed by atoms with van der Waals surface area (Å²) in [6.07, 6.45) is 3.27. The van der Waals surface area contributed by atoms with E-state index in [1.807, 2.05) is 6.92 Å². The molecule has 13 heteroatoms. The molecule has 3 atom stereocenters. The predicted molar refractivity (Wildman–Crippen MR) is 138 cm³/mol. The van der Waals surface area contributed by atoms with Crippen LogP contribution in [0.1, 0.15) is 35.5 Å². The van der Waals surface area contributed by atoms with Crippen LogP contribution in [0.5, 0.6) is 5.75 Å². The van der Waals surface area contributed by atoms with E-state index in [4.69, 9.17) is 14.2 Å². The summed E-state index contributed by atoms with van der Waals surface area (Å²) in [6.45, 7) is 4.33. The van der Waals surface area contributed by atoms with Crippen LogP contribution < -0.4 is 4.74 Å². The van der Waals surface area contributed by atoms with Crippen LogP contribution in [-0.2, 0) is 9.47 Å². The van der Waals surface area contributed by atoms with Crippen LogP contribution in [-0.4, -0.2) is 86.7 Å². The Morgan fingerprint density at radius 3 is 2.80 bits per heavy atom. The van der Waals surface area contributed by atoms with E-state index >= 15 is 4.39 Å². The Morgan fingerprint density at radius 1 is 1.27 bits per heavy atom. The van der Waals surface area contributed by atoms with Gasteiger partial charge in [-0.05, 0) is 31.5 Å². The number of halogens is 2. The van der Waals surface area contributed by atoms with Crippen molar-refractivity contribution in [3.63, 3.8) is 0 Å². The van der Waals surface area contributed by atoms with Gasteiger partial charge in [-0.15, -0.1) is 5.10 Å². The minimum Gasteiger partial charge on any atom is -0.488 e. The standard InChI is InChI=1S/C27H28F2N8O3/c1-16-26(33-34-37(16)23-5-6-35(12-21(23)29)20-13-39-14-20)17-7-24(27-18(8-30)9-32-36(27)11-17)40-15-25(38-2)22-4-3-19(28)10-31-22/h3-4,7,9-11,20-21,23,25H,5-6,12-15H2,1-2H3/t21-,23+,25?/m0/s1. The molecule has 208 valence electrons. The lowest BCUT2D eigenvalue weighted by atomic mass is 10.00. The van der Waals surface area contributed by atoms with E-state index in [1.165, 1.54) is 25.4 Å². The van der Waals surface area contributed by atoms with Crippen molar-refractivity contribution >= 4 is 5.52 Å². The van der Waals surface area contributed by atoms with Gasteiger partial charge in [0.1, 0.15) is 53.3 Å². The highest BCUT2D eigenvalue weighted by Gasteiger charge is 2.37. The maximum atomic E-state index is 15.3. The molecule has 6 rings (SSSR count). The Balaban J connectivity index is 1.28. The molecule has 2 aliphatic heterocycles. The van der Waals surface area contributed by atoms with Gasteiger partial charge in [0.05, 0.1) is 49.1 Å². The highest BCUT2D eigenvalue weighted by molar-refractivity contribution is 5.74. The van der Waals surface area contributed by atoms with Crippen molar-refractivity contribution in [3.8, 4) is 23.1 Å². The summed E-state index contributed by atoms with van der Waals surface area (Å²) in [5.41, 5.74) is 3.24. The Bertz CT molecular complexity index is 1550. The molecule has 0 bridgehead atoms. The van der Waals surface area contributed by atoms with Gasteiger partial charge in [0.2, 0.25) is 0 Å². The van der Waals surface area contributed by atoms with E-state index in [1.54, 1.807) is 21.5 Å². The molecule has 0 aliphatic carbocycles. The van der Waals surface area contributed by atoms with Crippen molar-refractivity contribution in [1.82, 2.24) is 34.5 Å². The number of rotatable bonds is 8. The maximum absolute atomic E-state index is 15.3. The molecule has 11 nitrogen and oxygen atoms in total. The number of hydrogen-bond acceptors (Lipinski definition) is 9. The number of fused-ring (bicyclic) bond motifs is 1. The number of piperidine rings is 1. The first-order valence-electron chi connectivity index (χ1n) is 13.0. The summed E-state index contributed by atoms with van der Waals surface area (Å²) in [7, 11) is 1.51. The molecular weight excluding hydrogens is 522 g/mol. The first-order chi connectivity index (χ1) is 19.5. The van der Waals surface area contributed by atoms with Crippen molar-refractivity contribution in [3.05, 3.63) is 59.6 Å². The summed E-state index contributed by atoms with van der Waals surface area (Å²) >= 11 is 0. The van der Waals surface area contributed by atoms with Gasteiger partial charge in [0.15, 0.2) is 0 Å². The van der Waals surface area contributed by atoms with Crippen LogP contribution in [0.15, 0.2) is 36.8 Å². The summed E-state index contributed by atoms with van der Waals surface area (Å²) in [4.78, 5) is 6.24. The number of nitriles is 1. The first kappa shape index (κ1) is 26.2. The van der Waals surface area contributed by atoms with Crippen molar-refractivity contribution in [2.45, 2.75) is 37.7 Å². The van der Waals surface area contributed by atoms with E-state index in [9.17, 15) is 9.65 Å². The maximum Gasteiger partial charge on any atom is 0.147 e. The van der Waals surface area contributed by atoms with Crippen molar-refractivity contribution in [2.75, 3.05) is 40.0 Å². The molecule has 1 unspecified atom stereocenters. The van der Waals surface area contributed by atoms with Gasteiger partial charge >= 0.3 is 0 Å². The zero-order valence-electron chi connectivity index (χ0n) is 22.1. The van der Waals surface area contributed by atoms with Crippen LogP contribution in [0.2, 0.25) is 0 Å². The zero-order chi connectivity index (χ0) is 27.8. The van der Waals surface area contributed by atoms with Crippen molar-refractivity contribution in [2.24, 2.45) is 0 Å². The van der Waals surface area contributed by atoms with Gasteiger partial charge in [-0.2, -0.15) is 10.4 Å². The minimum absolute atomic E-state index is 0.0457. The number of likely N-dealkylation sites (tertiary alicyclic amines) is 1. The fourth-order valence-corrected chi connectivity index (χ4v) is 5.30. The van der Waals surface area contributed by atoms with Gasteiger partial charge < -0.3 is 14.2 Å². The smallest absolute Gasteiger partial charge is 0.147 e. The largest absolute Gasteiger partial charge is 0.488 e. The number of nitrogens with zero attached hydrogens (tertiary/aromatic N) is 8. The van der Waals surface area contributed by atoms with E-state index in [0.29, 0.717) is 66.0 Å². The van der Waals surface area contributed by atoms with E-state index < -0.39 is 24.1 Å². The number of methoxy groups -OCH3 is 1. The third-order valence-corrected chi connectivity index (χ3v) is 7.64. The SMILES string of the molecule is COC(COc1cc(-c2nnn([C@@H]3CCN(C4COC4)C[C@@H]3F)c2C)cn2ncc(C#N)c12)c1ccc(F)cn1. The van der Waals surface area contributed by atoms with Crippen LogP contribution in [0.4, 0.5) is 8.78 Å². The van der Waals surface area contributed by atoms with Gasteiger partial charge in [0.25, 0.3) is 0 Å². The van der Waals surface area contributed by atoms with Crippen molar-refractivity contribution < 1.29 is 23.0 Å². The molecule has 4 aromatic rings. The number of alkyl halides is 1. The average molecular weight is 551 g/mol. The lowest BCUT2D eigenvalue weighted by Gasteiger charge is -2.42. The minimum atomic E-state index is -1.08. The molecule has 4 aromatic heterocycles. The topological polar surface area (TPSA) is 116 Å². The lowest BCUT2D eigenvalue weighted by Crippen LogP contribution is -2.55. The number of aromatic nitrogens is 6. The Hall–Kier alpha value is -3.99. The summed E-state index contributed by atoms with van der Waals surface area (Å²) in [5, 5.41) is 22.7. The molecule has 0 saturated carbocycles. The molecular formula is C27H28F2N8O3. The zero-order valence-corrected chi connectivity index (χ0v) is 22.1. The third kappa shape index (κ3) is 4.78. The van der Waals surface area contributed by atoms with Crippen molar-refractivity contribution in [1.29, 1.82) is 5.26 Å². The molecule has 0 radical (unpaired) electrons. The highest BCUT2D eigenvalue weighted by atomic mass is 19.1. The monoisotopic (exact) mass is 550 g/mol. The molecule has 0 aromatic carbocycles. The molecule has 2 fully saturated rings. The highest BCUT2D eigenvalue weighted by Crippen LogP contribution is 2.34.